The maximum atomic E-state index is 11.0. The standard InChI is InChI=1S/C14H25O3/c1-10(14(16)17)13(11(2)15)9-8-12-6-4-3-5-7-12/h10-11,13,15H,3-9H2,1-2H3,(H,16,17). The van der Waals surface area contributed by atoms with Crippen molar-refractivity contribution in [1.29, 1.82) is 0 Å². The Kier molecular flexibility index (Phi) is 5.96. The lowest BCUT2D eigenvalue weighted by molar-refractivity contribution is -0.144. The number of rotatable bonds is 6. The van der Waals surface area contributed by atoms with Crippen LogP contribution in [0.1, 0.15) is 58.8 Å². The number of aliphatic hydroxyl groups is 1. The van der Waals surface area contributed by atoms with E-state index in [1.165, 1.54) is 32.1 Å². The Bertz CT molecular complexity index is 232. The quantitative estimate of drug-likeness (QED) is 0.751. The van der Waals surface area contributed by atoms with Gasteiger partial charge in [0.05, 0.1) is 12.0 Å². The number of aliphatic carboxylic acids is 1. The van der Waals surface area contributed by atoms with Gasteiger partial charge in [-0.15, -0.1) is 0 Å². The molecule has 1 fully saturated rings. The van der Waals surface area contributed by atoms with Gasteiger partial charge in [-0.3, -0.25) is 4.79 Å². The highest BCUT2D eigenvalue weighted by Crippen LogP contribution is 2.32. The molecule has 3 heteroatoms. The second kappa shape index (κ2) is 7.00. The molecule has 0 aromatic carbocycles. The van der Waals surface area contributed by atoms with E-state index >= 15 is 0 Å². The van der Waals surface area contributed by atoms with E-state index in [0.717, 1.165) is 12.8 Å². The Labute approximate surface area is 104 Å². The summed E-state index contributed by atoms with van der Waals surface area (Å²) in [6, 6.07) is 0. The largest absolute Gasteiger partial charge is 0.481 e. The highest BCUT2D eigenvalue weighted by molar-refractivity contribution is 5.69. The minimum atomic E-state index is -0.801. The summed E-state index contributed by atoms with van der Waals surface area (Å²) in [6.07, 6.45) is 7.56. The van der Waals surface area contributed by atoms with Crippen molar-refractivity contribution in [2.24, 2.45) is 11.8 Å². The number of carboxylic acid groups (broad SMARTS) is 1. The average molecular weight is 241 g/mol. The van der Waals surface area contributed by atoms with Gasteiger partial charge >= 0.3 is 5.97 Å². The molecule has 2 N–H and O–H groups in total. The van der Waals surface area contributed by atoms with Gasteiger partial charge in [0.1, 0.15) is 0 Å². The molecule has 3 atom stereocenters. The average Bonchev–Trinajstić information content (AvgIpc) is 2.29. The first kappa shape index (κ1) is 14.5. The molecular weight excluding hydrogens is 216 g/mol. The van der Waals surface area contributed by atoms with Crippen LogP contribution in [0.5, 0.6) is 0 Å². The maximum absolute atomic E-state index is 11.0. The highest BCUT2D eigenvalue weighted by atomic mass is 16.4. The molecule has 0 bridgehead atoms. The van der Waals surface area contributed by atoms with Crippen molar-refractivity contribution in [2.75, 3.05) is 0 Å². The van der Waals surface area contributed by atoms with Crippen molar-refractivity contribution in [3.05, 3.63) is 5.92 Å². The van der Waals surface area contributed by atoms with E-state index in [4.69, 9.17) is 5.11 Å². The highest BCUT2D eigenvalue weighted by Gasteiger charge is 2.28. The third-order valence-electron chi connectivity index (χ3n) is 4.04. The molecule has 1 rings (SSSR count). The number of hydrogen-bond acceptors (Lipinski definition) is 2. The molecule has 0 amide bonds. The Morgan fingerprint density at radius 2 is 1.82 bits per heavy atom. The van der Waals surface area contributed by atoms with Gasteiger partial charge in [0, 0.05) is 0 Å². The zero-order chi connectivity index (χ0) is 12.8. The minimum absolute atomic E-state index is 0.123. The lowest BCUT2D eigenvalue weighted by Gasteiger charge is -2.27. The Morgan fingerprint density at radius 3 is 2.29 bits per heavy atom. The fraction of sp³-hybridized carbons (Fsp3) is 0.857. The summed E-state index contributed by atoms with van der Waals surface area (Å²) in [5.41, 5.74) is 0. The third kappa shape index (κ3) is 4.66. The van der Waals surface area contributed by atoms with E-state index < -0.39 is 18.0 Å². The number of carboxylic acids is 1. The molecule has 3 unspecified atom stereocenters. The van der Waals surface area contributed by atoms with Crippen LogP contribution >= 0.6 is 0 Å². The Hall–Kier alpha value is -0.570. The molecule has 0 spiro atoms. The van der Waals surface area contributed by atoms with E-state index in [9.17, 15) is 9.90 Å². The van der Waals surface area contributed by atoms with E-state index in [1.807, 2.05) is 0 Å². The van der Waals surface area contributed by atoms with Gasteiger partial charge in [0.25, 0.3) is 0 Å². The van der Waals surface area contributed by atoms with Crippen molar-refractivity contribution < 1.29 is 15.0 Å². The zero-order valence-corrected chi connectivity index (χ0v) is 11.0. The predicted molar refractivity (Wildman–Crippen MR) is 67.5 cm³/mol. The molecule has 0 saturated heterocycles. The summed E-state index contributed by atoms with van der Waals surface area (Å²) < 4.78 is 0. The van der Waals surface area contributed by atoms with Gasteiger partial charge in [-0.1, -0.05) is 26.2 Å². The van der Waals surface area contributed by atoms with Crippen LogP contribution in [0.3, 0.4) is 0 Å². The number of aliphatic hydroxyl groups excluding tert-OH is 1. The van der Waals surface area contributed by atoms with E-state index in [2.05, 4.69) is 0 Å². The van der Waals surface area contributed by atoms with E-state index in [0.29, 0.717) is 0 Å². The van der Waals surface area contributed by atoms with Gasteiger partial charge in [0.15, 0.2) is 0 Å². The molecular formula is C14H25O3. The van der Waals surface area contributed by atoms with Crippen molar-refractivity contribution in [1.82, 2.24) is 0 Å². The van der Waals surface area contributed by atoms with E-state index in [-0.39, 0.29) is 5.92 Å². The Morgan fingerprint density at radius 1 is 1.24 bits per heavy atom. The minimum Gasteiger partial charge on any atom is -0.481 e. The maximum Gasteiger partial charge on any atom is 0.306 e. The second-order valence-electron chi connectivity index (χ2n) is 5.38. The van der Waals surface area contributed by atoms with Crippen molar-refractivity contribution in [2.45, 2.75) is 64.9 Å². The monoisotopic (exact) mass is 241 g/mol. The van der Waals surface area contributed by atoms with Crippen LogP contribution in [0, 0.1) is 17.8 Å². The van der Waals surface area contributed by atoms with Gasteiger partial charge in [-0.25, -0.2) is 0 Å². The van der Waals surface area contributed by atoms with Crippen LogP contribution in [-0.4, -0.2) is 22.3 Å². The number of carbonyl (C=O) groups is 1. The van der Waals surface area contributed by atoms with Crippen molar-refractivity contribution in [3.63, 3.8) is 0 Å². The predicted octanol–water partition coefficient (Wildman–Crippen LogP) is 3.02. The van der Waals surface area contributed by atoms with Crippen molar-refractivity contribution in [3.8, 4) is 0 Å². The summed E-state index contributed by atoms with van der Waals surface area (Å²) in [5, 5.41) is 18.7. The molecule has 1 aliphatic rings. The first-order valence-corrected chi connectivity index (χ1v) is 6.76. The molecule has 3 nitrogen and oxygen atoms in total. The van der Waals surface area contributed by atoms with Gasteiger partial charge in [-0.2, -0.15) is 0 Å². The summed E-state index contributed by atoms with van der Waals surface area (Å²) >= 11 is 0. The zero-order valence-electron chi connectivity index (χ0n) is 11.0. The van der Waals surface area contributed by atoms with Crippen LogP contribution in [0.15, 0.2) is 0 Å². The molecule has 99 valence electrons. The van der Waals surface area contributed by atoms with Crippen LogP contribution < -0.4 is 0 Å². The summed E-state index contributed by atoms with van der Waals surface area (Å²) in [5.74, 6) is 0.185. The number of hydrogen-bond donors (Lipinski definition) is 2. The van der Waals surface area contributed by atoms with Crippen LogP contribution in [0.2, 0.25) is 0 Å². The second-order valence-corrected chi connectivity index (χ2v) is 5.38. The summed E-state index contributed by atoms with van der Waals surface area (Å²) in [4.78, 5) is 11.0. The van der Waals surface area contributed by atoms with Crippen molar-refractivity contribution >= 4 is 5.97 Å². The molecule has 17 heavy (non-hydrogen) atoms. The SMILES string of the molecule is CC(O)C(CC[C]1CCCCC1)C(C)C(=O)O. The molecule has 0 aliphatic heterocycles. The fourth-order valence-electron chi connectivity index (χ4n) is 2.76. The van der Waals surface area contributed by atoms with Crippen LogP contribution in [-0.2, 0) is 4.79 Å². The summed E-state index contributed by atoms with van der Waals surface area (Å²) in [7, 11) is 0. The Balaban J connectivity index is 2.40. The van der Waals surface area contributed by atoms with Gasteiger partial charge < -0.3 is 10.2 Å². The molecule has 0 aromatic heterocycles. The first-order chi connectivity index (χ1) is 8.02. The van der Waals surface area contributed by atoms with E-state index in [1.54, 1.807) is 19.8 Å². The molecule has 0 aromatic rings. The third-order valence-corrected chi connectivity index (χ3v) is 4.04. The molecule has 1 saturated carbocycles. The smallest absolute Gasteiger partial charge is 0.306 e. The van der Waals surface area contributed by atoms with Crippen LogP contribution in [0.25, 0.3) is 0 Å². The lowest BCUT2D eigenvalue weighted by Crippen LogP contribution is -2.29. The summed E-state index contributed by atoms with van der Waals surface area (Å²) in [6.45, 7) is 3.40. The molecule has 1 aliphatic carbocycles. The topological polar surface area (TPSA) is 57.5 Å². The first-order valence-electron chi connectivity index (χ1n) is 6.76. The lowest BCUT2D eigenvalue weighted by atomic mass is 9.80. The van der Waals surface area contributed by atoms with Gasteiger partial charge in [-0.05, 0) is 44.4 Å². The normalized spacial score (nSPS) is 23.0. The van der Waals surface area contributed by atoms with Crippen LogP contribution in [0.4, 0.5) is 0 Å². The molecule has 1 radical (unpaired) electrons. The fourth-order valence-corrected chi connectivity index (χ4v) is 2.76. The van der Waals surface area contributed by atoms with Gasteiger partial charge in [0.2, 0.25) is 0 Å². The molecule has 0 heterocycles.